The summed E-state index contributed by atoms with van der Waals surface area (Å²) < 4.78 is 14.7. The van der Waals surface area contributed by atoms with Gasteiger partial charge in [0.05, 0.1) is 11.9 Å². The Morgan fingerprint density at radius 1 is 1.52 bits per heavy atom. The van der Waals surface area contributed by atoms with Crippen molar-refractivity contribution >= 4 is 23.3 Å². The number of halogens is 2. The first-order chi connectivity index (χ1) is 10.0. The van der Waals surface area contributed by atoms with E-state index in [0.29, 0.717) is 41.6 Å². The number of nitrogens with zero attached hydrogens (tertiary/aromatic N) is 4. The van der Waals surface area contributed by atoms with Gasteiger partial charge in [0.25, 0.3) is 5.91 Å². The Hall–Kier alpha value is -1.95. The Morgan fingerprint density at radius 3 is 3.00 bits per heavy atom. The fraction of sp³-hybridized carbons (Fsp3) is 0.357. The topological polar surface area (TPSA) is 51.0 Å². The maximum Gasteiger partial charge on any atom is 0.264 e. The van der Waals surface area contributed by atoms with E-state index in [9.17, 15) is 9.18 Å². The molecule has 1 amide bonds. The molecule has 0 fully saturated rings. The highest BCUT2D eigenvalue weighted by Gasteiger charge is 2.31. The van der Waals surface area contributed by atoms with E-state index in [1.165, 1.54) is 15.6 Å². The molecule has 0 saturated heterocycles. The van der Waals surface area contributed by atoms with E-state index in [2.05, 4.69) is 10.1 Å². The second-order valence-electron chi connectivity index (χ2n) is 4.93. The van der Waals surface area contributed by atoms with Gasteiger partial charge in [-0.3, -0.25) is 14.4 Å². The summed E-state index contributed by atoms with van der Waals surface area (Å²) in [5, 5.41) is 4.56. The van der Waals surface area contributed by atoms with E-state index in [-0.39, 0.29) is 5.91 Å². The van der Waals surface area contributed by atoms with Crippen LogP contribution in [0.2, 0.25) is 5.15 Å². The highest BCUT2D eigenvalue weighted by atomic mass is 35.5. The van der Waals surface area contributed by atoms with Crippen molar-refractivity contribution in [2.45, 2.75) is 19.8 Å². The molecular weight excluding hydrogens is 295 g/mol. The van der Waals surface area contributed by atoms with Crippen LogP contribution in [0.1, 0.15) is 28.5 Å². The average Bonchev–Trinajstić information content (AvgIpc) is 3.00. The number of pyridine rings is 1. The number of amides is 1. The first-order valence-corrected chi connectivity index (χ1v) is 7.08. The van der Waals surface area contributed by atoms with Crippen molar-refractivity contribution < 1.29 is 9.18 Å². The van der Waals surface area contributed by atoms with Crippen LogP contribution in [0.3, 0.4) is 0 Å². The van der Waals surface area contributed by atoms with E-state index in [0.717, 1.165) is 11.8 Å². The van der Waals surface area contributed by atoms with Crippen LogP contribution in [0.15, 0.2) is 12.3 Å². The van der Waals surface area contributed by atoms with Crippen LogP contribution in [0.25, 0.3) is 0 Å². The number of aryl methyl sites for hydroxylation is 2. The Morgan fingerprint density at radius 2 is 2.29 bits per heavy atom. The van der Waals surface area contributed by atoms with Gasteiger partial charge in [-0.2, -0.15) is 5.10 Å². The highest BCUT2D eigenvalue weighted by molar-refractivity contribution is 6.33. The summed E-state index contributed by atoms with van der Waals surface area (Å²) >= 11 is 6.19. The third-order valence-corrected chi connectivity index (χ3v) is 4.05. The highest BCUT2D eigenvalue weighted by Crippen LogP contribution is 2.30. The summed E-state index contributed by atoms with van der Waals surface area (Å²) in [5.41, 5.74) is 1.80. The fourth-order valence-electron chi connectivity index (χ4n) is 2.59. The minimum absolute atomic E-state index is 0.234. The van der Waals surface area contributed by atoms with Crippen molar-refractivity contribution in [3.05, 3.63) is 40.1 Å². The van der Waals surface area contributed by atoms with Crippen molar-refractivity contribution in [2.24, 2.45) is 7.05 Å². The number of carbonyl (C=O) groups is 1. The minimum Gasteiger partial charge on any atom is -0.292 e. The molecule has 0 saturated carbocycles. The van der Waals surface area contributed by atoms with E-state index < -0.39 is 5.82 Å². The summed E-state index contributed by atoms with van der Waals surface area (Å²) in [5.74, 6) is -0.122. The largest absolute Gasteiger partial charge is 0.292 e. The summed E-state index contributed by atoms with van der Waals surface area (Å²) in [6.07, 6.45) is 2.32. The Bertz CT molecular complexity index is 728. The SMILES string of the molecule is CCc1nn(C)c(Cl)c1C(=O)N1CCc2cc(F)cnc21. The summed E-state index contributed by atoms with van der Waals surface area (Å²) in [4.78, 5) is 18.3. The van der Waals surface area contributed by atoms with Gasteiger partial charge < -0.3 is 0 Å². The third kappa shape index (κ3) is 2.19. The molecule has 0 unspecified atom stereocenters. The zero-order valence-corrected chi connectivity index (χ0v) is 12.5. The van der Waals surface area contributed by atoms with E-state index in [1.54, 1.807) is 7.05 Å². The predicted octanol–water partition coefficient (Wildman–Crippen LogP) is 2.37. The van der Waals surface area contributed by atoms with Crippen LogP contribution in [-0.4, -0.2) is 27.2 Å². The summed E-state index contributed by atoms with van der Waals surface area (Å²) in [6.45, 7) is 2.39. The minimum atomic E-state index is -0.392. The molecule has 0 spiro atoms. The van der Waals surface area contributed by atoms with Gasteiger partial charge in [-0.25, -0.2) is 9.37 Å². The molecule has 0 bridgehead atoms. The number of hydrogen-bond donors (Lipinski definition) is 0. The number of anilines is 1. The molecule has 1 aliphatic heterocycles. The lowest BCUT2D eigenvalue weighted by molar-refractivity contribution is 0.0988. The van der Waals surface area contributed by atoms with Crippen LogP contribution in [0, 0.1) is 5.82 Å². The van der Waals surface area contributed by atoms with Gasteiger partial charge in [0.15, 0.2) is 0 Å². The second kappa shape index (κ2) is 5.11. The molecule has 2 aromatic rings. The first kappa shape index (κ1) is 14.0. The van der Waals surface area contributed by atoms with E-state index in [4.69, 9.17) is 11.6 Å². The van der Waals surface area contributed by atoms with Crippen molar-refractivity contribution in [3.63, 3.8) is 0 Å². The lowest BCUT2D eigenvalue weighted by Crippen LogP contribution is -2.30. The van der Waals surface area contributed by atoms with Gasteiger partial charge in [-0.1, -0.05) is 18.5 Å². The molecule has 0 aromatic carbocycles. The smallest absolute Gasteiger partial charge is 0.264 e. The molecule has 21 heavy (non-hydrogen) atoms. The quantitative estimate of drug-likeness (QED) is 0.856. The monoisotopic (exact) mass is 308 g/mol. The fourth-order valence-corrected chi connectivity index (χ4v) is 2.81. The molecule has 0 aliphatic carbocycles. The van der Waals surface area contributed by atoms with Crippen molar-refractivity contribution in [3.8, 4) is 0 Å². The maximum absolute atomic E-state index is 13.2. The molecule has 0 atom stereocenters. The Balaban J connectivity index is 2.02. The summed E-state index contributed by atoms with van der Waals surface area (Å²) in [7, 11) is 1.70. The van der Waals surface area contributed by atoms with Crippen molar-refractivity contribution in [1.82, 2.24) is 14.8 Å². The standard InChI is InChI=1S/C14H14ClFN4O/c1-3-10-11(12(15)19(2)18-10)14(21)20-5-4-8-6-9(16)7-17-13(8)20/h6-7H,3-5H2,1-2H3. The van der Waals surface area contributed by atoms with Gasteiger partial charge in [0.2, 0.25) is 0 Å². The molecule has 3 rings (SSSR count). The van der Waals surface area contributed by atoms with Crippen molar-refractivity contribution in [2.75, 3.05) is 11.4 Å². The number of hydrogen-bond acceptors (Lipinski definition) is 3. The maximum atomic E-state index is 13.2. The first-order valence-electron chi connectivity index (χ1n) is 6.70. The molecule has 2 aromatic heterocycles. The molecule has 0 N–H and O–H groups in total. The van der Waals surface area contributed by atoms with Gasteiger partial charge >= 0.3 is 0 Å². The predicted molar refractivity (Wildman–Crippen MR) is 77.2 cm³/mol. The molecule has 0 radical (unpaired) electrons. The average molecular weight is 309 g/mol. The third-order valence-electron chi connectivity index (χ3n) is 3.61. The number of fused-ring (bicyclic) bond motifs is 1. The van der Waals surface area contributed by atoms with E-state index in [1.807, 2.05) is 6.92 Å². The van der Waals surface area contributed by atoms with Crippen LogP contribution >= 0.6 is 11.6 Å². The second-order valence-corrected chi connectivity index (χ2v) is 5.29. The van der Waals surface area contributed by atoms with Crippen LogP contribution in [0.5, 0.6) is 0 Å². The molecule has 110 valence electrons. The molecular formula is C14H14ClFN4O. The van der Waals surface area contributed by atoms with Crippen LogP contribution in [-0.2, 0) is 19.9 Å². The lowest BCUT2D eigenvalue weighted by Gasteiger charge is -2.16. The molecule has 7 heteroatoms. The van der Waals surface area contributed by atoms with E-state index >= 15 is 0 Å². The van der Waals surface area contributed by atoms with Crippen molar-refractivity contribution in [1.29, 1.82) is 0 Å². The number of aromatic nitrogens is 3. The molecule has 1 aliphatic rings. The van der Waals surface area contributed by atoms with Gasteiger partial charge in [0.1, 0.15) is 22.4 Å². The van der Waals surface area contributed by atoms with Crippen LogP contribution < -0.4 is 4.90 Å². The Kier molecular flexibility index (Phi) is 3.41. The van der Waals surface area contributed by atoms with Crippen LogP contribution in [0.4, 0.5) is 10.2 Å². The number of carbonyl (C=O) groups excluding carboxylic acids is 1. The molecule has 5 nitrogen and oxygen atoms in total. The zero-order valence-electron chi connectivity index (χ0n) is 11.7. The van der Waals surface area contributed by atoms with Gasteiger partial charge in [-0.05, 0) is 24.5 Å². The Labute approximate surface area is 126 Å². The number of rotatable bonds is 2. The lowest BCUT2D eigenvalue weighted by atomic mass is 10.2. The molecule has 3 heterocycles. The van der Waals surface area contributed by atoms with Gasteiger partial charge in [0, 0.05) is 13.6 Å². The zero-order chi connectivity index (χ0) is 15.1. The normalized spacial score (nSPS) is 13.6. The summed E-state index contributed by atoms with van der Waals surface area (Å²) in [6, 6.07) is 1.42. The van der Waals surface area contributed by atoms with Gasteiger partial charge in [-0.15, -0.1) is 0 Å².